The molecule has 0 fully saturated rings. The van der Waals surface area contributed by atoms with E-state index in [1.54, 1.807) is 0 Å². The number of hydrogen-bond donors (Lipinski definition) is 0. The van der Waals surface area contributed by atoms with Crippen molar-refractivity contribution in [3.63, 3.8) is 0 Å². The van der Waals surface area contributed by atoms with Crippen LogP contribution < -0.4 is 20.4 Å². The van der Waals surface area contributed by atoms with E-state index in [2.05, 4.69) is 0 Å². The SMILES string of the molecule is O=C([O-])C(=O)[O-].O=C([O-])C(=O)[O-].[Ru+4]. The normalized spacial score (nSPS) is 6.77. The van der Waals surface area contributed by atoms with E-state index in [0.29, 0.717) is 0 Å². The predicted octanol–water partition coefficient (Wildman–Crippen LogP) is -7.03. The molecule has 13 heavy (non-hydrogen) atoms. The van der Waals surface area contributed by atoms with Crippen LogP contribution in [0.2, 0.25) is 0 Å². The van der Waals surface area contributed by atoms with Crippen LogP contribution in [0.15, 0.2) is 0 Å². The number of hydrogen-bond acceptors (Lipinski definition) is 8. The van der Waals surface area contributed by atoms with Gasteiger partial charge in [-0.2, -0.15) is 0 Å². The quantitative estimate of drug-likeness (QED) is 0.311. The maximum absolute atomic E-state index is 8.93. The molecule has 0 saturated heterocycles. The van der Waals surface area contributed by atoms with Gasteiger partial charge in [0.25, 0.3) is 0 Å². The molecule has 0 aromatic heterocycles. The second-order valence-electron chi connectivity index (χ2n) is 1.15. The van der Waals surface area contributed by atoms with Gasteiger partial charge in [0.15, 0.2) is 0 Å². The minimum atomic E-state index is -2.19. The molecule has 0 atom stereocenters. The van der Waals surface area contributed by atoms with Crippen molar-refractivity contribution in [3.8, 4) is 0 Å². The summed E-state index contributed by atoms with van der Waals surface area (Å²) in [7, 11) is 0. The van der Waals surface area contributed by atoms with Crippen LogP contribution in [0.4, 0.5) is 0 Å². The second kappa shape index (κ2) is 8.60. The number of carbonyl (C=O) groups is 4. The van der Waals surface area contributed by atoms with Crippen LogP contribution in [-0.2, 0) is 38.7 Å². The molecule has 0 rings (SSSR count). The van der Waals surface area contributed by atoms with Crippen molar-refractivity contribution in [2.45, 2.75) is 0 Å². The van der Waals surface area contributed by atoms with Crippen LogP contribution in [0, 0.1) is 0 Å². The number of rotatable bonds is 0. The van der Waals surface area contributed by atoms with E-state index in [4.69, 9.17) is 39.6 Å². The van der Waals surface area contributed by atoms with Gasteiger partial charge in [0.05, 0.1) is 23.9 Å². The van der Waals surface area contributed by atoms with Gasteiger partial charge in [-0.25, -0.2) is 0 Å². The molecule has 0 heterocycles. The van der Waals surface area contributed by atoms with Crippen molar-refractivity contribution in [3.05, 3.63) is 0 Å². The molecule has 0 unspecified atom stereocenters. The summed E-state index contributed by atoms with van der Waals surface area (Å²) in [6.07, 6.45) is 0. The second-order valence-corrected chi connectivity index (χ2v) is 1.15. The fourth-order valence-electron chi connectivity index (χ4n) is 0. The Balaban J connectivity index is -0.000000143. The summed E-state index contributed by atoms with van der Waals surface area (Å²) >= 11 is 0. The van der Waals surface area contributed by atoms with Crippen molar-refractivity contribution < 1.29 is 59.1 Å². The summed E-state index contributed by atoms with van der Waals surface area (Å²) in [4.78, 5) is 35.7. The fourth-order valence-corrected chi connectivity index (χ4v) is 0. The third-order valence-electron chi connectivity index (χ3n) is 0.333. The summed E-state index contributed by atoms with van der Waals surface area (Å²) in [5, 5.41) is 35.7. The van der Waals surface area contributed by atoms with Crippen LogP contribution in [-0.4, -0.2) is 23.9 Å². The third-order valence-corrected chi connectivity index (χ3v) is 0.333. The van der Waals surface area contributed by atoms with E-state index < -0.39 is 23.9 Å². The Kier molecular flexibility index (Phi) is 11.6. The fraction of sp³-hybridized carbons (Fsp3) is 0. The molecule has 0 N–H and O–H groups in total. The maximum atomic E-state index is 8.93. The molecule has 0 amide bonds. The van der Waals surface area contributed by atoms with E-state index >= 15 is 0 Å². The number of aliphatic carboxylic acids is 4. The first-order chi connectivity index (χ1) is 5.29. The van der Waals surface area contributed by atoms with Crippen molar-refractivity contribution >= 4 is 23.9 Å². The molecule has 8 nitrogen and oxygen atoms in total. The number of carboxylic acids is 4. The van der Waals surface area contributed by atoms with Crippen LogP contribution in [0.3, 0.4) is 0 Å². The molecule has 72 valence electrons. The molecule has 0 aromatic rings. The molecule has 0 bridgehead atoms. The molecular weight excluding hydrogens is 277 g/mol. The van der Waals surface area contributed by atoms with Crippen molar-refractivity contribution in [1.29, 1.82) is 0 Å². The molecule has 0 spiro atoms. The summed E-state index contributed by atoms with van der Waals surface area (Å²) in [5.41, 5.74) is 0. The summed E-state index contributed by atoms with van der Waals surface area (Å²) < 4.78 is 0. The number of carbonyl (C=O) groups excluding carboxylic acids is 4. The van der Waals surface area contributed by atoms with E-state index in [1.165, 1.54) is 0 Å². The Morgan fingerprint density at radius 2 is 0.615 bits per heavy atom. The molecule has 0 radical (unpaired) electrons. The van der Waals surface area contributed by atoms with Gasteiger partial charge in [0, 0.05) is 0 Å². The van der Waals surface area contributed by atoms with Crippen LogP contribution in [0.1, 0.15) is 0 Å². The molecule has 0 aliphatic heterocycles. The third kappa shape index (κ3) is 18.0. The predicted molar refractivity (Wildman–Crippen MR) is 20.0 cm³/mol. The van der Waals surface area contributed by atoms with Gasteiger partial charge in [-0.15, -0.1) is 0 Å². The van der Waals surface area contributed by atoms with E-state index in [0.717, 1.165) is 0 Å². The van der Waals surface area contributed by atoms with Gasteiger partial charge in [-0.1, -0.05) is 0 Å². The standard InChI is InChI=1S/2C2H2O4.Ru/c2*3-1(4)2(5)6;/h2*(H,3,4)(H,5,6);/q;;+4/p-4. The Bertz CT molecular complexity index is 172. The summed E-state index contributed by atoms with van der Waals surface area (Å²) in [6.45, 7) is 0. The van der Waals surface area contributed by atoms with Crippen molar-refractivity contribution in [2.24, 2.45) is 0 Å². The van der Waals surface area contributed by atoms with Gasteiger partial charge >= 0.3 is 19.5 Å². The Hall–Kier alpha value is -1.50. The first-order valence-corrected chi connectivity index (χ1v) is 2.13. The van der Waals surface area contributed by atoms with E-state index in [9.17, 15) is 0 Å². The van der Waals surface area contributed by atoms with Crippen LogP contribution in [0.25, 0.3) is 0 Å². The zero-order valence-corrected chi connectivity index (χ0v) is 7.36. The van der Waals surface area contributed by atoms with Gasteiger partial charge in [0.2, 0.25) is 0 Å². The average molecular weight is 277 g/mol. The molecule has 0 aliphatic carbocycles. The molecule has 0 saturated carbocycles. The maximum Gasteiger partial charge on any atom is 4.00 e. The topological polar surface area (TPSA) is 161 Å². The zero-order valence-electron chi connectivity index (χ0n) is 5.62. The molecular formula is C4O8Ru. The largest absolute Gasteiger partial charge is 4.00 e. The smallest absolute Gasteiger partial charge is 0.543 e. The molecule has 0 aromatic carbocycles. The van der Waals surface area contributed by atoms with E-state index in [1.807, 2.05) is 0 Å². The summed E-state index contributed by atoms with van der Waals surface area (Å²) in [5.74, 6) is -8.74. The molecule has 0 aliphatic rings. The van der Waals surface area contributed by atoms with Gasteiger partial charge in [-0.05, 0) is 0 Å². The Labute approximate surface area is 83.5 Å². The minimum Gasteiger partial charge on any atom is -0.543 e. The van der Waals surface area contributed by atoms with Crippen LogP contribution in [0.5, 0.6) is 0 Å². The van der Waals surface area contributed by atoms with Gasteiger partial charge in [-0.3, -0.25) is 0 Å². The van der Waals surface area contributed by atoms with Crippen LogP contribution >= 0.6 is 0 Å². The first kappa shape index (κ1) is 17.6. The zero-order chi connectivity index (χ0) is 10.3. The van der Waals surface area contributed by atoms with Crippen molar-refractivity contribution in [2.75, 3.05) is 0 Å². The van der Waals surface area contributed by atoms with Gasteiger partial charge in [0.1, 0.15) is 0 Å². The average Bonchev–Trinajstić information content (AvgIpc) is 1.88. The summed E-state index contributed by atoms with van der Waals surface area (Å²) in [6, 6.07) is 0. The first-order valence-electron chi connectivity index (χ1n) is 2.13. The number of carboxylic acid groups (broad SMARTS) is 4. The monoisotopic (exact) mass is 278 g/mol. The minimum absolute atomic E-state index is 0. The van der Waals surface area contributed by atoms with E-state index in [-0.39, 0.29) is 19.5 Å². The molecule has 9 heteroatoms. The Morgan fingerprint density at radius 1 is 0.538 bits per heavy atom. The Morgan fingerprint density at radius 3 is 0.615 bits per heavy atom. The van der Waals surface area contributed by atoms with Gasteiger partial charge < -0.3 is 39.6 Å². The van der Waals surface area contributed by atoms with Crippen molar-refractivity contribution in [1.82, 2.24) is 0 Å².